The molecule has 0 spiro atoms. The predicted molar refractivity (Wildman–Crippen MR) is 128 cm³/mol. The van der Waals surface area contributed by atoms with Crippen LogP contribution in [0.25, 0.3) is 21.8 Å². The first-order valence-corrected chi connectivity index (χ1v) is 11.2. The monoisotopic (exact) mass is 464 g/mol. The number of fused-ring (bicyclic) bond motifs is 2. The molecule has 2 heterocycles. The zero-order chi connectivity index (χ0) is 21.3. The van der Waals surface area contributed by atoms with Gasteiger partial charge in [-0.3, -0.25) is 4.79 Å². The van der Waals surface area contributed by atoms with Gasteiger partial charge in [-0.05, 0) is 44.0 Å². The standard InChI is InChI=1S/C24H25BrN4O/c1-4-8-23-27-21-12-11-18(25)13-20(21)24(30)29(23)26-14-17-15-28(16(3)5-2)22-10-7-6-9-19(17)22/h6-7,9-16H,4-5,8H2,1-3H3/t16-/m0/s1. The third-order valence-corrected chi connectivity index (χ3v) is 5.99. The smallest absolute Gasteiger partial charge is 0.282 e. The third kappa shape index (κ3) is 3.72. The van der Waals surface area contributed by atoms with Crippen LogP contribution in [0, 0.1) is 0 Å². The lowest BCUT2D eigenvalue weighted by atomic mass is 10.2. The van der Waals surface area contributed by atoms with Crippen LogP contribution in [0.2, 0.25) is 0 Å². The first kappa shape index (κ1) is 20.5. The van der Waals surface area contributed by atoms with E-state index >= 15 is 0 Å². The van der Waals surface area contributed by atoms with Crippen molar-refractivity contribution in [2.24, 2.45) is 5.10 Å². The lowest BCUT2D eigenvalue weighted by Gasteiger charge is -2.12. The van der Waals surface area contributed by atoms with E-state index in [2.05, 4.69) is 70.8 Å². The van der Waals surface area contributed by atoms with Gasteiger partial charge in [-0.1, -0.05) is 48.0 Å². The molecule has 0 aliphatic heterocycles. The molecular weight excluding hydrogens is 440 g/mol. The van der Waals surface area contributed by atoms with Gasteiger partial charge in [0.15, 0.2) is 0 Å². The van der Waals surface area contributed by atoms with Gasteiger partial charge in [-0.25, -0.2) is 4.98 Å². The molecule has 0 amide bonds. The van der Waals surface area contributed by atoms with Crippen molar-refractivity contribution in [2.45, 2.75) is 46.1 Å². The Labute approximate surface area is 184 Å². The Morgan fingerprint density at radius 3 is 2.73 bits per heavy atom. The Morgan fingerprint density at radius 1 is 1.17 bits per heavy atom. The van der Waals surface area contributed by atoms with E-state index in [4.69, 9.17) is 4.98 Å². The molecule has 0 saturated carbocycles. The van der Waals surface area contributed by atoms with Crippen LogP contribution in [0.5, 0.6) is 0 Å². The lowest BCUT2D eigenvalue weighted by molar-refractivity contribution is 0.548. The summed E-state index contributed by atoms with van der Waals surface area (Å²) in [5.41, 5.74) is 2.72. The molecule has 154 valence electrons. The molecule has 0 unspecified atom stereocenters. The highest BCUT2D eigenvalue weighted by molar-refractivity contribution is 9.10. The maximum atomic E-state index is 13.2. The molecule has 2 aromatic heterocycles. The summed E-state index contributed by atoms with van der Waals surface area (Å²) in [4.78, 5) is 17.9. The van der Waals surface area contributed by atoms with E-state index in [0.29, 0.717) is 29.2 Å². The number of rotatable bonds is 6. The average molecular weight is 465 g/mol. The Bertz CT molecular complexity index is 1300. The maximum Gasteiger partial charge on any atom is 0.282 e. The van der Waals surface area contributed by atoms with Gasteiger partial charge in [0, 0.05) is 39.6 Å². The number of aromatic nitrogens is 3. The summed E-state index contributed by atoms with van der Waals surface area (Å²) in [5, 5.41) is 6.30. The maximum absolute atomic E-state index is 13.2. The van der Waals surface area contributed by atoms with Crippen molar-refractivity contribution in [1.82, 2.24) is 14.2 Å². The molecule has 0 N–H and O–H groups in total. The van der Waals surface area contributed by atoms with Gasteiger partial charge < -0.3 is 4.57 Å². The van der Waals surface area contributed by atoms with Crippen LogP contribution in [0.1, 0.15) is 51.0 Å². The molecule has 1 atom stereocenters. The van der Waals surface area contributed by atoms with Crippen molar-refractivity contribution in [3.63, 3.8) is 0 Å². The predicted octanol–water partition coefficient (Wildman–Crippen LogP) is 5.92. The molecule has 0 aliphatic carbocycles. The highest BCUT2D eigenvalue weighted by atomic mass is 79.9. The fourth-order valence-electron chi connectivity index (χ4n) is 3.72. The normalized spacial score (nSPS) is 12.9. The van der Waals surface area contributed by atoms with E-state index in [0.717, 1.165) is 28.3 Å². The third-order valence-electron chi connectivity index (χ3n) is 5.50. The van der Waals surface area contributed by atoms with E-state index in [1.54, 1.807) is 12.3 Å². The van der Waals surface area contributed by atoms with E-state index in [9.17, 15) is 4.79 Å². The van der Waals surface area contributed by atoms with Crippen LogP contribution in [0.15, 0.2) is 63.0 Å². The van der Waals surface area contributed by atoms with Crippen LogP contribution in [0.4, 0.5) is 0 Å². The Kier molecular flexibility index (Phi) is 5.86. The SMILES string of the molecule is CCCc1nc2ccc(Br)cc2c(=O)n1N=Cc1cn([C@@H](C)CC)c2ccccc12. The topological polar surface area (TPSA) is 52.2 Å². The highest BCUT2D eigenvalue weighted by Gasteiger charge is 2.13. The molecule has 30 heavy (non-hydrogen) atoms. The van der Waals surface area contributed by atoms with Crippen LogP contribution in [0.3, 0.4) is 0 Å². The summed E-state index contributed by atoms with van der Waals surface area (Å²) in [5.74, 6) is 0.680. The second kappa shape index (κ2) is 8.56. The number of aryl methyl sites for hydroxylation is 1. The van der Waals surface area contributed by atoms with Gasteiger partial charge in [0.2, 0.25) is 0 Å². The number of halogens is 1. The number of benzene rings is 2. The fraction of sp³-hybridized carbons (Fsp3) is 0.292. The van der Waals surface area contributed by atoms with Gasteiger partial charge in [-0.2, -0.15) is 9.78 Å². The zero-order valence-corrected chi connectivity index (χ0v) is 19.1. The van der Waals surface area contributed by atoms with Gasteiger partial charge in [0.25, 0.3) is 5.56 Å². The van der Waals surface area contributed by atoms with Crippen molar-refractivity contribution in [1.29, 1.82) is 0 Å². The molecule has 4 aromatic rings. The quantitative estimate of drug-likeness (QED) is 0.332. The van der Waals surface area contributed by atoms with Crippen LogP contribution < -0.4 is 5.56 Å². The van der Waals surface area contributed by atoms with Crippen LogP contribution >= 0.6 is 15.9 Å². The minimum atomic E-state index is -0.147. The number of para-hydroxylation sites is 1. The van der Waals surface area contributed by atoms with Crippen molar-refractivity contribution in [2.75, 3.05) is 0 Å². The first-order chi connectivity index (χ1) is 14.5. The summed E-state index contributed by atoms with van der Waals surface area (Å²) in [6.07, 6.45) is 6.52. The fourth-order valence-corrected chi connectivity index (χ4v) is 4.08. The highest BCUT2D eigenvalue weighted by Crippen LogP contribution is 2.25. The molecular formula is C24H25BrN4O. The average Bonchev–Trinajstić information content (AvgIpc) is 3.12. The molecule has 0 fully saturated rings. The molecule has 4 rings (SSSR count). The van der Waals surface area contributed by atoms with Crippen molar-refractivity contribution >= 4 is 44.0 Å². The molecule has 6 heteroatoms. The first-order valence-electron chi connectivity index (χ1n) is 10.4. The molecule has 5 nitrogen and oxygen atoms in total. The summed E-state index contributed by atoms with van der Waals surface area (Å²) >= 11 is 3.45. The zero-order valence-electron chi connectivity index (χ0n) is 17.5. The summed E-state index contributed by atoms with van der Waals surface area (Å²) in [7, 11) is 0. The van der Waals surface area contributed by atoms with E-state index in [-0.39, 0.29) is 5.56 Å². The Balaban J connectivity index is 1.87. The molecule has 2 aromatic carbocycles. The van der Waals surface area contributed by atoms with Crippen molar-refractivity contribution < 1.29 is 0 Å². The Morgan fingerprint density at radius 2 is 1.97 bits per heavy atom. The second-order valence-electron chi connectivity index (χ2n) is 7.57. The van der Waals surface area contributed by atoms with Crippen LogP contribution in [-0.2, 0) is 6.42 Å². The largest absolute Gasteiger partial charge is 0.344 e. The lowest BCUT2D eigenvalue weighted by Crippen LogP contribution is -2.22. The Hall–Kier alpha value is -2.73. The van der Waals surface area contributed by atoms with Gasteiger partial charge >= 0.3 is 0 Å². The van der Waals surface area contributed by atoms with Crippen molar-refractivity contribution in [3.05, 3.63) is 74.9 Å². The minimum absolute atomic E-state index is 0.147. The molecule has 0 aliphatic rings. The number of hydrogen-bond donors (Lipinski definition) is 0. The summed E-state index contributed by atoms with van der Waals surface area (Å²) in [6, 6.07) is 14.3. The molecule has 0 radical (unpaired) electrons. The summed E-state index contributed by atoms with van der Waals surface area (Å²) < 4.78 is 4.58. The van der Waals surface area contributed by atoms with Gasteiger partial charge in [0.1, 0.15) is 5.82 Å². The van der Waals surface area contributed by atoms with Crippen LogP contribution in [-0.4, -0.2) is 20.4 Å². The minimum Gasteiger partial charge on any atom is -0.344 e. The van der Waals surface area contributed by atoms with Gasteiger partial charge in [-0.15, -0.1) is 0 Å². The summed E-state index contributed by atoms with van der Waals surface area (Å²) in [6.45, 7) is 6.47. The van der Waals surface area contributed by atoms with E-state index in [1.165, 1.54) is 10.2 Å². The van der Waals surface area contributed by atoms with E-state index in [1.807, 2.05) is 18.2 Å². The molecule has 0 bridgehead atoms. The van der Waals surface area contributed by atoms with E-state index < -0.39 is 0 Å². The molecule has 0 saturated heterocycles. The second-order valence-corrected chi connectivity index (χ2v) is 8.48. The number of nitrogens with zero attached hydrogens (tertiary/aromatic N) is 4. The van der Waals surface area contributed by atoms with Gasteiger partial charge in [0.05, 0.1) is 17.1 Å². The number of hydrogen-bond acceptors (Lipinski definition) is 3. The van der Waals surface area contributed by atoms with Crippen molar-refractivity contribution in [3.8, 4) is 0 Å².